The molecular weight excluding hydrogens is 319 g/mol. The van der Waals surface area contributed by atoms with Crippen LogP contribution in [0.25, 0.3) is 0 Å². The summed E-state index contributed by atoms with van der Waals surface area (Å²) in [7, 11) is 0. The lowest BCUT2D eigenvalue weighted by molar-refractivity contribution is -0.140. The maximum Gasteiger partial charge on any atom is 0.434 e. The normalized spacial score (nSPS) is 19.7. The number of nitrogens with zero attached hydrogens (tertiary/aromatic N) is 2. The number of hydrogen-bond donors (Lipinski definition) is 1. The molecule has 1 atom stereocenters. The summed E-state index contributed by atoms with van der Waals surface area (Å²) in [6, 6.07) is -1.14. The van der Waals surface area contributed by atoms with Crippen molar-refractivity contribution in [3.8, 4) is 0 Å². The molecule has 0 bridgehead atoms. The number of imide groups is 1. The summed E-state index contributed by atoms with van der Waals surface area (Å²) in [5.41, 5.74) is -1.37. The molecule has 1 aromatic heterocycles. The second-order valence-corrected chi connectivity index (χ2v) is 7.06. The van der Waals surface area contributed by atoms with Gasteiger partial charge in [-0.2, -0.15) is 13.2 Å². The minimum Gasteiger partial charge on any atom is -0.325 e. The van der Waals surface area contributed by atoms with Crippen LogP contribution >= 0.6 is 11.3 Å². The number of halogens is 3. The van der Waals surface area contributed by atoms with Crippen molar-refractivity contribution in [1.29, 1.82) is 0 Å². The highest BCUT2D eigenvalue weighted by Crippen LogP contribution is 2.30. The average Bonchev–Trinajstić information content (AvgIpc) is 2.92. The summed E-state index contributed by atoms with van der Waals surface area (Å²) in [5.74, 6) is -0.356. The molecule has 0 aliphatic carbocycles. The summed E-state index contributed by atoms with van der Waals surface area (Å²) in [4.78, 5) is 28.5. The predicted octanol–water partition coefficient (Wildman–Crippen LogP) is 2.67. The fraction of sp³-hybridized carbons (Fsp3) is 0.615. The minimum atomic E-state index is -4.48. The van der Waals surface area contributed by atoms with Crippen LogP contribution in [0.4, 0.5) is 18.0 Å². The van der Waals surface area contributed by atoms with Crippen molar-refractivity contribution in [2.75, 3.05) is 6.54 Å². The van der Waals surface area contributed by atoms with Crippen molar-refractivity contribution in [2.45, 2.75) is 39.4 Å². The van der Waals surface area contributed by atoms with E-state index in [0.29, 0.717) is 0 Å². The first kappa shape index (κ1) is 16.7. The number of urea groups is 1. The van der Waals surface area contributed by atoms with E-state index in [9.17, 15) is 22.8 Å². The molecule has 22 heavy (non-hydrogen) atoms. The van der Waals surface area contributed by atoms with Crippen LogP contribution < -0.4 is 5.32 Å². The molecule has 2 rings (SSSR count). The van der Waals surface area contributed by atoms with Crippen molar-refractivity contribution >= 4 is 23.3 Å². The Hall–Kier alpha value is -1.64. The first-order valence-electron chi connectivity index (χ1n) is 6.63. The van der Waals surface area contributed by atoms with Crippen LogP contribution in [0.2, 0.25) is 0 Å². The number of hydrogen-bond acceptors (Lipinski definition) is 4. The number of aromatic nitrogens is 1. The van der Waals surface area contributed by atoms with E-state index in [1.165, 1.54) is 0 Å². The predicted molar refractivity (Wildman–Crippen MR) is 74.3 cm³/mol. The molecule has 0 spiro atoms. The van der Waals surface area contributed by atoms with E-state index in [1.54, 1.807) is 0 Å². The van der Waals surface area contributed by atoms with E-state index in [4.69, 9.17) is 0 Å². The standard InChI is InChI=1S/C13H16F3N3O2S/c1-12(2,3)9-10(20)19(11(21)18-9)5-4-8-17-7(6-22-8)13(14,15)16/h6,9H,4-5H2,1-3H3,(H,18,21)/t9-/m0/s1. The Morgan fingerprint density at radius 3 is 2.41 bits per heavy atom. The number of thiazole rings is 1. The summed E-state index contributed by atoms with van der Waals surface area (Å²) < 4.78 is 37.4. The third-order valence-electron chi connectivity index (χ3n) is 3.28. The van der Waals surface area contributed by atoms with Crippen molar-refractivity contribution in [1.82, 2.24) is 15.2 Å². The number of carbonyl (C=O) groups excluding carboxylic acids is 2. The lowest BCUT2D eigenvalue weighted by atomic mass is 9.87. The Kier molecular flexibility index (Phi) is 4.20. The van der Waals surface area contributed by atoms with E-state index in [0.717, 1.165) is 21.6 Å². The summed E-state index contributed by atoms with van der Waals surface area (Å²) in [6.07, 6.45) is -4.37. The largest absolute Gasteiger partial charge is 0.434 e. The third-order valence-corrected chi connectivity index (χ3v) is 4.19. The van der Waals surface area contributed by atoms with E-state index < -0.39 is 29.4 Å². The molecule has 1 aliphatic rings. The Morgan fingerprint density at radius 1 is 1.32 bits per heavy atom. The zero-order valence-corrected chi connectivity index (χ0v) is 13.1. The zero-order chi connectivity index (χ0) is 16.7. The molecule has 9 heteroatoms. The molecule has 2 heterocycles. The van der Waals surface area contributed by atoms with Gasteiger partial charge >= 0.3 is 12.2 Å². The molecule has 1 aliphatic heterocycles. The van der Waals surface area contributed by atoms with Crippen molar-refractivity contribution in [2.24, 2.45) is 5.41 Å². The van der Waals surface area contributed by atoms with Gasteiger partial charge in [0.25, 0.3) is 5.91 Å². The van der Waals surface area contributed by atoms with E-state index in [1.807, 2.05) is 20.8 Å². The van der Waals surface area contributed by atoms with Crippen LogP contribution in [0.5, 0.6) is 0 Å². The van der Waals surface area contributed by atoms with Gasteiger partial charge in [0, 0.05) is 18.3 Å². The molecule has 1 aromatic rings. The molecule has 1 fully saturated rings. The van der Waals surface area contributed by atoms with Gasteiger partial charge in [-0.3, -0.25) is 9.69 Å². The Labute approximate surface area is 129 Å². The van der Waals surface area contributed by atoms with Crippen molar-refractivity contribution < 1.29 is 22.8 Å². The van der Waals surface area contributed by atoms with Crippen LogP contribution in [0.1, 0.15) is 31.5 Å². The monoisotopic (exact) mass is 335 g/mol. The van der Waals surface area contributed by atoms with Gasteiger partial charge in [-0.1, -0.05) is 20.8 Å². The van der Waals surface area contributed by atoms with Gasteiger partial charge in [0.05, 0.1) is 5.01 Å². The van der Waals surface area contributed by atoms with Crippen molar-refractivity contribution in [3.63, 3.8) is 0 Å². The lowest BCUT2D eigenvalue weighted by Crippen LogP contribution is -2.41. The first-order chi connectivity index (χ1) is 10.00. The van der Waals surface area contributed by atoms with Crippen LogP contribution in [0.15, 0.2) is 5.38 Å². The Morgan fingerprint density at radius 2 is 1.95 bits per heavy atom. The summed E-state index contributed by atoms with van der Waals surface area (Å²) >= 11 is 0.868. The molecule has 122 valence electrons. The average molecular weight is 335 g/mol. The highest BCUT2D eigenvalue weighted by molar-refractivity contribution is 7.09. The Balaban J connectivity index is 2.01. The van der Waals surface area contributed by atoms with Crippen LogP contribution in [0.3, 0.4) is 0 Å². The molecular formula is C13H16F3N3O2S. The molecule has 0 unspecified atom stereocenters. The minimum absolute atomic E-state index is 0.0159. The molecule has 1 N–H and O–H groups in total. The van der Waals surface area contributed by atoms with Crippen LogP contribution in [-0.2, 0) is 17.4 Å². The van der Waals surface area contributed by atoms with Gasteiger partial charge in [0.1, 0.15) is 6.04 Å². The van der Waals surface area contributed by atoms with Crippen LogP contribution in [-0.4, -0.2) is 34.4 Å². The third kappa shape index (κ3) is 3.40. The first-order valence-corrected chi connectivity index (χ1v) is 7.51. The SMILES string of the molecule is CC(C)(C)[C@H]1NC(=O)N(CCc2nc(C(F)(F)F)cs2)C1=O. The molecule has 5 nitrogen and oxygen atoms in total. The second-order valence-electron chi connectivity index (χ2n) is 6.11. The maximum atomic E-state index is 12.5. The van der Waals surface area contributed by atoms with Gasteiger partial charge in [-0.15, -0.1) is 11.3 Å². The molecule has 0 radical (unpaired) electrons. The molecule has 3 amide bonds. The number of amides is 3. The summed E-state index contributed by atoms with van der Waals surface area (Å²) in [5, 5.41) is 3.77. The molecule has 0 saturated carbocycles. The van der Waals surface area contributed by atoms with Gasteiger partial charge < -0.3 is 5.32 Å². The van der Waals surface area contributed by atoms with Gasteiger partial charge in [0.2, 0.25) is 0 Å². The highest BCUT2D eigenvalue weighted by atomic mass is 32.1. The fourth-order valence-corrected chi connectivity index (χ4v) is 2.88. The lowest BCUT2D eigenvalue weighted by Gasteiger charge is -2.24. The van der Waals surface area contributed by atoms with E-state index in [2.05, 4.69) is 10.3 Å². The second kappa shape index (κ2) is 5.53. The van der Waals surface area contributed by atoms with Gasteiger partial charge in [-0.05, 0) is 5.41 Å². The number of alkyl halides is 3. The molecule has 1 saturated heterocycles. The van der Waals surface area contributed by atoms with Gasteiger partial charge in [0.15, 0.2) is 5.69 Å². The van der Waals surface area contributed by atoms with Gasteiger partial charge in [-0.25, -0.2) is 9.78 Å². The number of rotatable bonds is 3. The maximum absolute atomic E-state index is 12.5. The quantitative estimate of drug-likeness (QED) is 0.864. The number of nitrogens with one attached hydrogen (secondary N) is 1. The highest BCUT2D eigenvalue weighted by Gasteiger charge is 2.44. The molecule has 0 aromatic carbocycles. The van der Waals surface area contributed by atoms with Crippen molar-refractivity contribution in [3.05, 3.63) is 16.1 Å². The van der Waals surface area contributed by atoms with E-state index in [-0.39, 0.29) is 23.9 Å². The topological polar surface area (TPSA) is 62.3 Å². The Bertz CT molecular complexity index is 592. The zero-order valence-electron chi connectivity index (χ0n) is 12.3. The fourth-order valence-electron chi connectivity index (χ4n) is 2.08. The van der Waals surface area contributed by atoms with E-state index >= 15 is 0 Å². The van der Waals surface area contributed by atoms with Crippen LogP contribution in [0, 0.1) is 5.41 Å². The number of carbonyl (C=O) groups is 2. The smallest absolute Gasteiger partial charge is 0.325 e. The summed E-state index contributed by atoms with van der Waals surface area (Å²) in [6.45, 7) is 5.50.